The molecular formula is C12H17N3. The molecule has 0 aliphatic heterocycles. The van der Waals surface area contributed by atoms with E-state index in [1.165, 1.54) is 0 Å². The SMILES string of the molecule is Cc1cc2[nH]c(C(C)(C)C)nc2cc1N. The van der Waals surface area contributed by atoms with E-state index < -0.39 is 0 Å². The van der Waals surface area contributed by atoms with Gasteiger partial charge in [-0.1, -0.05) is 20.8 Å². The number of benzene rings is 1. The number of imidazole rings is 1. The predicted octanol–water partition coefficient (Wildman–Crippen LogP) is 2.75. The Balaban J connectivity index is 2.66. The van der Waals surface area contributed by atoms with Gasteiger partial charge in [-0.05, 0) is 24.6 Å². The van der Waals surface area contributed by atoms with E-state index in [0.717, 1.165) is 28.1 Å². The van der Waals surface area contributed by atoms with Crippen molar-refractivity contribution in [3.63, 3.8) is 0 Å². The molecule has 0 aliphatic carbocycles. The van der Waals surface area contributed by atoms with Crippen LogP contribution in [0.2, 0.25) is 0 Å². The molecule has 3 N–H and O–H groups in total. The minimum absolute atomic E-state index is 0.0433. The number of fused-ring (bicyclic) bond motifs is 1. The zero-order valence-electron chi connectivity index (χ0n) is 9.68. The molecule has 80 valence electrons. The zero-order valence-corrected chi connectivity index (χ0v) is 9.68. The van der Waals surface area contributed by atoms with Crippen LogP contribution in [-0.2, 0) is 5.41 Å². The minimum atomic E-state index is 0.0433. The van der Waals surface area contributed by atoms with E-state index in [9.17, 15) is 0 Å². The van der Waals surface area contributed by atoms with Crippen LogP contribution >= 0.6 is 0 Å². The van der Waals surface area contributed by atoms with Gasteiger partial charge in [0.05, 0.1) is 11.0 Å². The highest BCUT2D eigenvalue weighted by Crippen LogP contribution is 2.25. The fraction of sp³-hybridized carbons (Fsp3) is 0.417. The van der Waals surface area contributed by atoms with E-state index in [1.54, 1.807) is 0 Å². The van der Waals surface area contributed by atoms with Crippen molar-refractivity contribution < 1.29 is 0 Å². The third-order valence-electron chi connectivity index (χ3n) is 2.58. The number of aromatic nitrogens is 2. The van der Waals surface area contributed by atoms with E-state index in [2.05, 4.69) is 30.7 Å². The van der Waals surface area contributed by atoms with Crippen molar-refractivity contribution in [3.05, 3.63) is 23.5 Å². The van der Waals surface area contributed by atoms with Crippen molar-refractivity contribution in [2.24, 2.45) is 0 Å². The molecule has 2 rings (SSSR count). The molecule has 0 amide bonds. The number of anilines is 1. The van der Waals surface area contributed by atoms with Gasteiger partial charge in [-0.3, -0.25) is 0 Å². The van der Waals surface area contributed by atoms with Crippen LogP contribution in [-0.4, -0.2) is 9.97 Å². The lowest BCUT2D eigenvalue weighted by Crippen LogP contribution is -2.12. The molecule has 0 spiro atoms. The minimum Gasteiger partial charge on any atom is -0.398 e. The first kappa shape index (κ1) is 10.0. The molecule has 3 nitrogen and oxygen atoms in total. The van der Waals surface area contributed by atoms with Crippen LogP contribution in [0, 0.1) is 6.92 Å². The summed E-state index contributed by atoms with van der Waals surface area (Å²) in [7, 11) is 0. The van der Waals surface area contributed by atoms with E-state index >= 15 is 0 Å². The van der Waals surface area contributed by atoms with Crippen LogP contribution in [0.3, 0.4) is 0 Å². The van der Waals surface area contributed by atoms with E-state index in [-0.39, 0.29) is 5.41 Å². The molecular weight excluding hydrogens is 186 g/mol. The molecule has 0 saturated heterocycles. The topological polar surface area (TPSA) is 54.7 Å². The summed E-state index contributed by atoms with van der Waals surface area (Å²) in [6, 6.07) is 3.98. The Morgan fingerprint density at radius 2 is 1.93 bits per heavy atom. The number of nitrogens with one attached hydrogen (secondary N) is 1. The number of nitrogen functional groups attached to an aromatic ring is 1. The summed E-state index contributed by atoms with van der Waals surface area (Å²) in [6.07, 6.45) is 0. The zero-order chi connectivity index (χ0) is 11.2. The second-order valence-corrected chi connectivity index (χ2v) is 5.06. The summed E-state index contributed by atoms with van der Waals surface area (Å²) in [5.74, 6) is 1.00. The van der Waals surface area contributed by atoms with Crippen molar-refractivity contribution in [3.8, 4) is 0 Å². The summed E-state index contributed by atoms with van der Waals surface area (Å²) in [4.78, 5) is 7.89. The number of H-pyrrole nitrogens is 1. The first-order valence-electron chi connectivity index (χ1n) is 5.14. The second kappa shape index (κ2) is 2.99. The Morgan fingerprint density at radius 3 is 2.53 bits per heavy atom. The molecule has 15 heavy (non-hydrogen) atoms. The third-order valence-corrected chi connectivity index (χ3v) is 2.58. The van der Waals surface area contributed by atoms with Gasteiger partial charge in [0.15, 0.2) is 0 Å². The second-order valence-electron chi connectivity index (χ2n) is 5.06. The first-order valence-corrected chi connectivity index (χ1v) is 5.14. The maximum Gasteiger partial charge on any atom is 0.112 e. The lowest BCUT2D eigenvalue weighted by molar-refractivity contribution is 0.554. The van der Waals surface area contributed by atoms with Gasteiger partial charge in [-0.2, -0.15) is 0 Å². The van der Waals surface area contributed by atoms with Gasteiger partial charge in [0, 0.05) is 11.1 Å². The Bertz CT molecular complexity index is 464. The maximum atomic E-state index is 5.85. The van der Waals surface area contributed by atoms with Gasteiger partial charge >= 0.3 is 0 Å². The molecule has 3 heteroatoms. The number of rotatable bonds is 0. The Hall–Kier alpha value is -1.51. The maximum absolute atomic E-state index is 5.85. The average Bonchev–Trinajstić information content (AvgIpc) is 2.47. The van der Waals surface area contributed by atoms with Gasteiger partial charge in [-0.15, -0.1) is 0 Å². The number of aryl methyl sites for hydroxylation is 1. The fourth-order valence-corrected chi connectivity index (χ4v) is 1.54. The van der Waals surface area contributed by atoms with E-state index in [4.69, 9.17) is 5.73 Å². The Kier molecular flexibility index (Phi) is 2.00. The highest BCUT2D eigenvalue weighted by Gasteiger charge is 2.18. The summed E-state index contributed by atoms with van der Waals surface area (Å²) in [5.41, 5.74) is 9.79. The molecule has 0 radical (unpaired) electrons. The number of aromatic amines is 1. The summed E-state index contributed by atoms with van der Waals surface area (Å²) < 4.78 is 0. The molecule has 1 heterocycles. The third kappa shape index (κ3) is 1.69. The molecule has 1 aromatic carbocycles. The quantitative estimate of drug-likeness (QED) is 0.647. The fourth-order valence-electron chi connectivity index (χ4n) is 1.54. The van der Waals surface area contributed by atoms with Gasteiger partial charge in [0.1, 0.15) is 5.82 Å². The van der Waals surface area contributed by atoms with Crippen molar-refractivity contribution in [1.29, 1.82) is 0 Å². The predicted molar refractivity (Wildman–Crippen MR) is 63.9 cm³/mol. The van der Waals surface area contributed by atoms with Crippen LogP contribution in [0.25, 0.3) is 11.0 Å². The summed E-state index contributed by atoms with van der Waals surface area (Å²) in [6.45, 7) is 8.43. The van der Waals surface area contributed by atoms with Crippen LogP contribution in [0.1, 0.15) is 32.2 Å². The van der Waals surface area contributed by atoms with E-state index in [1.807, 2.05) is 19.1 Å². The number of nitrogens with two attached hydrogens (primary N) is 1. The van der Waals surface area contributed by atoms with Crippen molar-refractivity contribution in [2.75, 3.05) is 5.73 Å². The van der Waals surface area contributed by atoms with Gasteiger partial charge in [0.2, 0.25) is 0 Å². The highest BCUT2D eigenvalue weighted by molar-refractivity contribution is 5.80. The molecule has 0 atom stereocenters. The lowest BCUT2D eigenvalue weighted by Gasteiger charge is -2.13. The summed E-state index contributed by atoms with van der Waals surface area (Å²) >= 11 is 0. The lowest BCUT2D eigenvalue weighted by atomic mass is 9.96. The standard InChI is InChI=1S/C12H17N3/c1-7-5-9-10(6-8(7)13)15-11(14-9)12(2,3)4/h5-6H,13H2,1-4H3,(H,14,15). The van der Waals surface area contributed by atoms with Gasteiger partial charge in [0.25, 0.3) is 0 Å². The largest absolute Gasteiger partial charge is 0.398 e. The van der Waals surface area contributed by atoms with Crippen LogP contribution in [0.15, 0.2) is 12.1 Å². The first-order chi connectivity index (χ1) is 6.88. The molecule has 0 unspecified atom stereocenters. The number of nitrogens with zero attached hydrogens (tertiary/aromatic N) is 1. The molecule has 0 fully saturated rings. The van der Waals surface area contributed by atoms with E-state index in [0.29, 0.717) is 0 Å². The molecule has 0 saturated carbocycles. The van der Waals surface area contributed by atoms with Gasteiger partial charge in [-0.25, -0.2) is 4.98 Å². The number of hydrogen-bond donors (Lipinski definition) is 2. The Labute approximate surface area is 89.7 Å². The summed E-state index contributed by atoms with van der Waals surface area (Å²) in [5, 5.41) is 0. The van der Waals surface area contributed by atoms with Crippen LogP contribution < -0.4 is 5.73 Å². The number of hydrogen-bond acceptors (Lipinski definition) is 2. The molecule has 2 aromatic rings. The van der Waals surface area contributed by atoms with Gasteiger partial charge < -0.3 is 10.7 Å². The van der Waals surface area contributed by atoms with Crippen LogP contribution in [0.5, 0.6) is 0 Å². The van der Waals surface area contributed by atoms with Crippen LogP contribution in [0.4, 0.5) is 5.69 Å². The molecule has 0 bridgehead atoms. The van der Waals surface area contributed by atoms with Crippen molar-refractivity contribution >= 4 is 16.7 Å². The molecule has 1 aromatic heterocycles. The van der Waals surface area contributed by atoms with Crippen molar-refractivity contribution in [1.82, 2.24) is 9.97 Å². The highest BCUT2D eigenvalue weighted by atomic mass is 14.9. The normalized spacial score (nSPS) is 12.3. The monoisotopic (exact) mass is 203 g/mol. The Morgan fingerprint density at radius 1 is 1.27 bits per heavy atom. The van der Waals surface area contributed by atoms with Crippen molar-refractivity contribution in [2.45, 2.75) is 33.1 Å². The average molecular weight is 203 g/mol. The smallest absolute Gasteiger partial charge is 0.112 e. The molecule has 0 aliphatic rings.